The van der Waals surface area contributed by atoms with Gasteiger partial charge >= 0.3 is 0 Å². The molecule has 2 aromatic heterocycles. The number of rotatable bonds is 5. The number of imidazole rings is 1. The van der Waals surface area contributed by atoms with Crippen LogP contribution in [0.4, 0.5) is 0 Å². The Morgan fingerprint density at radius 2 is 2.00 bits per heavy atom. The normalized spacial score (nSPS) is 15.0. The Morgan fingerprint density at radius 1 is 1.17 bits per heavy atom. The Bertz CT molecular complexity index is 822. The summed E-state index contributed by atoms with van der Waals surface area (Å²) in [7, 11) is 0. The van der Waals surface area contributed by atoms with Crippen LogP contribution in [0.25, 0.3) is 5.82 Å². The summed E-state index contributed by atoms with van der Waals surface area (Å²) in [5.74, 6) is 0.915. The van der Waals surface area contributed by atoms with Crippen LogP contribution in [0.1, 0.15) is 24.0 Å². The maximum absolute atomic E-state index is 12.6. The fourth-order valence-electron chi connectivity index (χ4n) is 2.95. The number of hydrogen-bond donors (Lipinski definition) is 1. The molecule has 24 heavy (non-hydrogen) atoms. The van der Waals surface area contributed by atoms with Crippen LogP contribution in [0.2, 0.25) is 0 Å². The standard InChI is InChI=1S/C19H18N4O/c24-18(19(8-9-19)16-4-2-1-3-5-16)22-13-15-6-7-17(21-12-15)23-11-10-20-14-23/h1-7,10-12,14H,8-9,13H2,(H,22,24). The zero-order valence-electron chi connectivity index (χ0n) is 13.2. The fraction of sp³-hybridized carbons (Fsp3) is 0.211. The molecule has 1 saturated carbocycles. The monoisotopic (exact) mass is 318 g/mol. The van der Waals surface area contributed by atoms with Crippen molar-refractivity contribution in [2.75, 3.05) is 0 Å². The van der Waals surface area contributed by atoms with E-state index in [1.54, 1.807) is 18.7 Å². The molecule has 1 fully saturated rings. The van der Waals surface area contributed by atoms with Gasteiger partial charge in [-0.15, -0.1) is 0 Å². The van der Waals surface area contributed by atoms with E-state index in [0.717, 1.165) is 29.8 Å². The van der Waals surface area contributed by atoms with Crippen molar-refractivity contribution in [3.8, 4) is 5.82 Å². The van der Waals surface area contributed by atoms with Crippen molar-refractivity contribution in [2.45, 2.75) is 24.8 Å². The van der Waals surface area contributed by atoms with Gasteiger partial charge in [-0.3, -0.25) is 9.36 Å². The van der Waals surface area contributed by atoms with Crippen LogP contribution < -0.4 is 5.32 Å². The van der Waals surface area contributed by atoms with Crippen LogP contribution in [0.3, 0.4) is 0 Å². The molecular formula is C19H18N4O. The van der Waals surface area contributed by atoms with Crippen molar-refractivity contribution >= 4 is 5.91 Å². The second-order valence-electron chi connectivity index (χ2n) is 6.13. The van der Waals surface area contributed by atoms with Gasteiger partial charge in [0.05, 0.1) is 5.41 Å². The number of carbonyl (C=O) groups excluding carboxylic acids is 1. The molecule has 0 atom stereocenters. The van der Waals surface area contributed by atoms with Gasteiger partial charge in [0.15, 0.2) is 0 Å². The van der Waals surface area contributed by atoms with Crippen molar-refractivity contribution in [1.82, 2.24) is 19.9 Å². The Labute approximate surface area is 140 Å². The van der Waals surface area contributed by atoms with E-state index in [4.69, 9.17) is 0 Å². The molecule has 2 heterocycles. The largest absolute Gasteiger partial charge is 0.351 e. The van der Waals surface area contributed by atoms with E-state index in [9.17, 15) is 4.79 Å². The molecule has 1 aliphatic rings. The minimum atomic E-state index is -0.328. The molecule has 1 aliphatic carbocycles. The molecule has 1 aromatic carbocycles. The lowest BCUT2D eigenvalue weighted by molar-refractivity contribution is -0.123. The number of carbonyl (C=O) groups is 1. The van der Waals surface area contributed by atoms with Crippen LogP contribution in [0, 0.1) is 0 Å². The Kier molecular flexibility index (Phi) is 3.61. The van der Waals surface area contributed by atoms with Gasteiger partial charge in [0.25, 0.3) is 0 Å². The lowest BCUT2D eigenvalue weighted by atomic mass is 9.95. The second kappa shape index (κ2) is 5.92. The minimum Gasteiger partial charge on any atom is -0.351 e. The van der Waals surface area contributed by atoms with E-state index >= 15 is 0 Å². The van der Waals surface area contributed by atoms with E-state index in [0.29, 0.717) is 6.54 Å². The average molecular weight is 318 g/mol. The molecular weight excluding hydrogens is 300 g/mol. The highest BCUT2D eigenvalue weighted by molar-refractivity contribution is 5.91. The Morgan fingerprint density at radius 3 is 2.62 bits per heavy atom. The molecule has 0 radical (unpaired) electrons. The molecule has 0 bridgehead atoms. The number of amides is 1. The predicted octanol–water partition coefficient (Wildman–Crippen LogP) is 2.62. The van der Waals surface area contributed by atoms with Gasteiger partial charge in [-0.05, 0) is 30.0 Å². The zero-order valence-corrected chi connectivity index (χ0v) is 13.2. The first-order valence-electron chi connectivity index (χ1n) is 8.05. The Balaban J connectivity index is 1.41. The summed E-state index contributed by atoms with van der Waals surface area (Å²) in [5, 5.41) is 3.06. The minimum absolute atomic E-state index is 0.104. The summed E-state index contributed by atoms with van der Waals surface area (Å²) < 4.78 is 1.84. The van der Waals surface area contributed by atoms with Gasteiger partial charge in [-0.1, -0.05) is 36.4 Å². The summed E-state index contributed by atoms with van der Waals surface area (Å²) in [6.07, 6.45) is 8.90. The number of hydrogen-bond acceptors (Lipinski definition) is 3. The number of nitrogens with one attached hydrogen (secondary N) is 1. The number of aromatic nitrogens is 3. The topological polar surface area (TPSA) is 59.8 Å². The van der Waals surface area contributed by atoms with Crippen molar-refractivity contribution < 1.29 is 4.79 Å². The molecule has 1 amide bonds. The van der Waals surface area contributed by atoms with E-state index < -0.39 is 0 Å². The average Bonchev–Trinajstić information content (AvgIpc) is 3.28. The molecule has 1 N–H and O–H groups in total. The molecule has 4 rings (SSSR count). The van der Waals surface area contributed by atoms with Gasteiger partial charge in [0, 0.05) is 25.1 Å². The summed E-state index contributed by atoms with van der Waals surface area (Å²) in [4.78, 5) is 21.0. The molecule has 5 heteroatoms. The summed E-state index contributed by atoms with van der Waals surface area (Å²) in [6.45, 7) is 0.491. The van der Waals surface area contributed by atoms with Gasteiger partial charge in [0.1, 0.15) is 12.1 Å². The summed E-state index contributed by atoms with van der Waals surface area (Å²) in [6, 6.07) is 13.9. The third kappa shape index (κ3) is 2.69. The fourth-order valence-corrected chi connectivity index (χ4v) is 2.95. The van der Waals surface area contributed by atoms with Crippen LogP contribution in [0.5, 0.6) is 0 Å². The lowest BCUT2D eigenvalue weighted by Crippen LogP contribution is -2.34. The highest BCUT2D eigenvalue weighted by Crippen LogP contribution is 2.48. The first-order chi connectivity index (χ1) is 11.8. The maximum Gasteiger partial charge on any atom is 0.230 e. The molecule has 0 unspecified atom stereocenters. The van der Waals surface area contributed by atoms with Crippen LogP contribution in [-0.2, 0) is 16.8 Å². The summed E-state index contributed by atoms with van der Waals surface area (Å²) >= 11 is 0. The molecule has 0 saturated heterocycles. The van der Waals surface area contributed by atoms with Gasteiger partial charge in [0.2, 0.25) is 5.91 Å². The molecule has 0 spiro atoms. The summed E-state index contributed by atoms with van der Waals surface area (Å²) in [5.41, 5.74) is 1.76. The van der Waals surface area contributed by atoms with Crippen LogP contribution in [-0.4, -0.2) is 20.4 Å². The van der Waals surface area contributed by atoms with Crippen molar-refractivity contribution in [3.05, 3.63) is 78.5 Å². The molecule has 0 aliphatic heterocycles. The number of pyridine rings is 1. The van der Waals surface area contributed by atoms with E-state index in [-0.39, 0.29) is 11.3 Å². The van der Waals surface area contributed by atoms with E-state index in [2.05, 4.69) is 15.3 Å². The first-order valence-corrected chi connectivity index (χ1v) is 8.05. The quantitative estimate of drug-likeness (QED) is 0.786. The van der Waals surface area contributed by atoms with Crippen molar-refractivity contribution in [3.63, 3.8) is 0 Å². The van der Waals surface area contributed by atoms with Crippen molar-refractivity contribution in [1.29, 1.82) is 0 Å². The van der Waals surface area contributed by atoms with Crippen LogP contribution >= 0.6 is 0 Å². The van der Waals surface area contributed by atoms with Gasteiger partial charge in [-0.2, -0.15) is 0 Å². The maximum atomic E-state index is 12.6. The lowest BCUT2D eigenvalue weighted by Gasteiger charge is -2.15. The first kappa shape index (κ1) is 14.6. The van der Waals surface area contributed by atoms with Gasteiger partial charge < -0.3 is 5.32 Å². The van der Waals surface area contributed by atoms with E-state index in [1.165, 1.54) is 0 Å². The van der Waals surface area contributed by atoms with Gasteiger partial charge in [-0.25, -0.2) is 9.97 Å². The van der Waals surface area contributed by atoms with E-state index in [1.807, 2.05) is 53.2 Å². The number of nitrogens with zero attached hydrogens (tertiary/aromatic N) is 3. The molecule has 3 aromatic rings. The van der Waals surface area contributed by atoms with Crippen LogP contribution in [0.15, 0.2) is 67.4 Å². The number of benzene rings is 1. The highest BCUT2D eigenvalue weighted by atomic mass is 16.2. The third-order valence-electron chi connectivity index (χ3n) is 4.54. The predicted molar refractivity (Wildman–Crippen MR) is 90.6 cm³/mol. The smallest absolute Gasteiger partial charge is 0.230 e. The highest BCUT2D eigenvalue weighted by Gasteiger charge is 2.50. The third-order valence-corrected chi connectivity index (χ3v) is 4.54. The Hall–Kier alpha value is -2.95. The second-order valence-corrected chi connectivity index (χ2v) is 6.13. The molecule has 5 nitrogen and oxygen atoms in total. The SMILES string of the molecule is O=C(NCc1ccc(-n2ccnc2)nc1)C1(c2ccccc2)CC1. The zero-order chi connectivity index (χ0) is 16.4. The molecule has 120 valence electrons. The van der Waals surface area contributed by atoms with Crippen molar-refractivity contribution in [2.24, 2.45) is 0 Å².